The average Bonchev–Trinajstić information content (AvgIpc) is 3.44. The molecule has 0 spiro atoms. The summed E-state index contributed by atoms with van der Waals surface area (Å²) < 4.78 is 7.19. The molecule has 0 aliphatic carbocycles. The maximum Gasteiger partial charge on any atom is 0.412 e. The third-order valence-electron chi connectivity index (χ3n) is 6.51. The van der Waals surface area contributed by atoms with Gasteiger partial charge in [-0.1, -0.05) is 12.1 Å². The Morgan fingerprint density at radius 1 is 1.25 bits per heavy atom. The van der Waals surface area contributed by atoms with Gasteiger partial charge in [0.1, 0.15) is 0 Å². The first-order valence-corrected chi connectivity index (χ1v) is 12.7. The van der Waals surface area contributed by atoms with Gasteiger partial charge in [0.05, 0.1) is 22.4 Å². The van der Waals surface area contributed by atoms with Gasteiger partial charge in [-0.15, -0.1) is 0 Å². The number of nitrogens with one attached hydrogen (secondary N) is 2. The maximum absolute atomic E-state index is 13.6. The third-order valence-corrected chi connectivity index (χ3v) is 6.97. The van der Waals surface area contributed by atoms with Crippen molar-refractivity contribution in [3.63, 3.8) is 0 Å². The molecule has 4 aromatic rings. The number of amides is 1. The number of piperidine rings is 1. The number of carbonyl (C=O) groups excluding carboxylic acids is 1. The fourth-order valence-corrected chi connectivity index (χ4v) is 4.84. The zero-order valence-electron chi connectivity index (χ0n) is 19.8. The quantitative estimate of drug-likeness (QED) is 0.309. The van der Waals surface area contributed by atoms with Crippen molar-refractivity contribution in [2.24, 2.45) is 5.92 Å². The first kappa shape index (κ1) is 24.3. The molecular weight excluding hydrogens is 528 g/mol. The van der Waals surface area contributed by atoms with Gasteiger partial charge in [0.25, 0.3) is 5.56 Å². The molecule has 5 rings (SSSR count). The maximum atomic E-state index is 13.6. The number of hydrogen-bond donors (Lipinski definition) is 3. The fraction of sp³-hybridized carbons (Fsp3) is 0.360. The summed E-state index contributed by atoms with van der Waals surface area (Å²) in [7, 11) is 0. The lowest BCUT2D eigenvalue weighted by atomic mass is 9.90. The number of aliphatic hydroxyl groups excluding tert-OH is 1. The minimum Gasteiger partial charge on any atom is -0.420 e. The minimum atomic E-state index is -1.12. The number of fused-ring (bicyclic) bond motifs is 1. The topological polar surface area (TPSA) is 129 Å². The lowest BCUT2D eigenvalue weighted by molar-refractivity contribution is -0.0532. The number of H-pyrrole nitrogens is 2. The molecule has 1 unspecified atom stereocenters. The van der Waals surface area contributed by atoms with E-state index in [9.17, 15) is 14.7 Å². The summed E-state index contributed by atoms with van der Waals surface area (Å²) in [6.07, 6.45) is 3.08. The largest absolute Gasteiger partial charge is 0.420 e. The molecule has 1 aliphatic rings. The predicted molar refractivity (Wildman–Crippen MR) is 138 cm³/mol. The van der Waals surface area contributed by atoms with Crippen LogP contribution in [-0.4, -0.2) is 60.2 Å². The van der Waals surface area contributed by atoms with Crippen LogP contribution in [0.1, 0.15) is 31.7 Å². The predicted octanol–water partition coefficient (Wildman–Crippen LogP) is 3.99. The number of carbonyl (C=O) groups is 1. The number of nitrogens with zero attached hydrogens (tertiary/aromatic N) is 4. The Bertz CT molecular complexity index is 1380. The van der Waals surface area contributed by atoms with E-state index in [1.807, 2.05) is 36.4 Å². The van der Waals surface area contributed by atoms with Crippen LogP contribution >= 0.6 is 15.9 Å². The van der Waals surface area contributed by atoms with Gasteiger partial charge in [-0.05, 0) is 78.7 Å². The fourth-order valence-electron chi connectivity index (χ4n) is 4.61. The SMILES string of the molecule is CC(O)OC(=O)N1CCC(CCc2c(-c3ccc(Br)cn3)[nH]n(-c3nc4ccccc4[nH]3)c2=O)CC1. The van der Waals surface area contributed by atoms with Crippen molar-refractivity contribution < 1.29 is 14.6 Å². The second kappa shape index (κ2) is 10.3. The van der Waals surface area contributed by atoms with Crippen LogP contribution in [0.2, 0.25) is 0 Å². The second-order valence-corrected chi connectivity index (χ2v) is 9.91. The molecular formula is C25H27BrN6O4. The number of para-hydroxylation sites is 2. The van der Waals surface area contributed by atoms with Crippen LogP contribution < -0.4 is 5.56 Å². The number of rotatable bonds is 6. The molecule has 0 saturated carbocycles. The number of hydrogen-bond acceptors (Lipinski definition) is 6. The zero-order chi connectivity index (χ0) is 25.2. The van der Waals surface area contributed by atoms with Crippen LogP contribution in [0.4, 0.5) is 4.79 Å². The molecule has 10 nitrogen and oxygen atoms in total. The average molecular weight is 555 g/mol. The second-order valence-electron chi connectivity index (χ2n) is 9.00. The highest BCUT2D eigenvalue weighted by Crippen LogP contribution is 2.26. The molecule has 1 aliphatic heterocycles. The van der Waals surface area contributed by atoms with E-state index < -0.39 is 12.4 Å². The van der Waals surface area contributed by atoms with E-state index in [0.717, 1.165) is 34.8 Å². The van der Waals surface area contributed by atoms with E-state index in [2.05, 4.69) is 36.0 Å². The number of benzene rings is 1. The standard InChI is InChI=1S/C25H27BrN6O4/c1-15(33)36-25(35)31-12-10-16(11-13-31)6-8-18-22(21-9-7-17(26)14-27-21)30-32(23(18)34)24-28-19-4-2-3-5-20(19)29-24/h2-5,7,9,14-16,30,33H,6,8,10-13H2,1H3,(H,28,29). The summed E-state index contributed by atoms with van der Waals surface area (Å²) in [4.78, 5) is 39.5. The number of pyridine rings is 1. The number of aromatic amines is 2. The summed E-state index contributed by atoms with van der Waals surface area (Å²) in [5, 5.41) is 12.5. The van der Waals surface area contributed by atoms with Crippen LogP contribution in [-0.2, 0) is 11.2 Å². The van der Waals surface area contributed by atoms with Gasteiger partial charge in [-0.3, -0.25) is 14.9 Å². The van der Waals surface area contributed by atoms with Gasteiger partial charge in [0.15, 0.2) is 6.29 Å². The molecule has 0 bridgehead atoms. The highest BCUT2D eigenvalue weighted by molar-refractivity contribution is 9.10. The van der Waals surface area contributed by atoms with Crippen molar-refractivity contribution in [2.75, 3.05) is 13.1 Å². The van der Waals surface area contributed by atoms with Gasteiger partial charge in [0.2, 0.25) is 5.95 Å². The van der Waals surface area contributed by atoms with Crippen molar-refractivity contribution in [3.8, 4) is 17.3 Å². The van der Waals surface area contributed by atoms with Crippen molar-refractivity contribution in [2.45, 2.75) is 38.9 Å². The normalized spacial score (nSPS) is 15.4. The molecule has 3 N–H and O–H groups in total. The first-order chi connectivity index (χ1) is 17.4. The third kappa shape index (κ3) is 5.07. The minimum absolute atomic E-state index is 0.160. The van der Waals surface area contributed by atoms with Crippen molar-refractivity contribution in [1.29, 1.82) is 0 Å². The lowest BCUT2D eigenvalue weighted by Crippen LogP contribution is -2.40. The van der Waals surface area contributed by atoms with Gasteiger partial charge in [0, 0.05) is 29.3 Å². The van der Waals surface area contributed by atoms with Crippen LogP contribution in [0.3, 0.4) is 0 Å². The highest BCUT2D eigenvalue weighted by atomic mass is 79.9. The number of ether oxygens (including phenoxy) is 1. The summed E-state index contributed by atoms with van der Waals surface area (Å²) in [5.74, 6) is 0.788. The smallest absolute Gasteiger partial charge is 0.412 e. The number of likely N-dealkylation sites (tertiary alicyclic amines) is 1. The Hall–Kier alpha value is -3.44. The van der Waals surface area contributed by atoms with Crippen molar-refractivity contribution >= 4 is 33.1 Å². The molecule has 4 heterocycles. The van der Waals surface area contributed by atoms with E-state index in [1.165, 1.54) is 11.6 Å². The Balaban J connectivity index is 1.38. The van der Waals surface area contributed by atoms with Gasteiger partial charge >= 0.3 is 6.09 Å². The van der Waals surface area contributed by atoms with Crippen molar-refractivity contribution in [3.05, 3.63) is 63.0 Å². The summed E-state index contributed by atoms with van der Waals surface area (Å²) in [5.41, 5.74) is 3.47. The molecule has 36 heavy (non-hydrogen) atoms. The Morgan fingerprint density at radius 3 is 2.72 bits per heavy atom. The first-order valence-electron chi connectivity index (χ1n) is 11.9. The van der Waals surface area contributed by atoms with Gasteiger partial charge < -0.3 is 19.7 Å². The molecule has 0 radical (unpaired) electrons. The molecule has 1 amide bonds. The zero-order valence-corrected chi connectivity index (χ0v) is 21.4. The molecule has 3 aromatic heterocycles. The van der Waals surface area contributed by atoms with E-state index in [4.69, 9.17) is 4.74 Å². The number of aliphatic hydroxyl groups is 1. The highest BCUT2D eigenvalue weighted by Gasteiger charge is 2.26. The molecule has 188 valence electrons. The molecule has 1 atom stereocenters. The number of imidazole rings is 1. The molecule has 1 fully saturated rings. The summed E-state index contributed by atoms with van der Waals surface area (Å²) in [6, 6.07) is 11.4. The summed E-state index contributed by atoms with van der Waals surface area (Å²) in [6.45, 7) is 2.54. The Kier molecular flexibility index (Phi) is 6.92. The summed E-state index contributed by atoms with van der Waals surface area (Å²) >= 11 is 3.42. The van der Waals surface area contributed by atoms with Crippen LogP contribution in [0.5, 0.6) is 0 Å². The van der Waals surface area contributed by atoms with Gasteiger partial charge in [-0.2, -0.15) is 4.68 Å². The monoisotopic (exact) mass is 554 g/mol. The van der Waals surface area contributed by atoms with Crippen LogP contribution in [0, 0.1) is 5.92 Å². The lowest BCUT2D eigenvalue weighted by Gasteiger charge is -2.31. The molecule has 1 aromatic carbocycles. The number of aromatic nitrogens is 5. The van der Waals surface area contributed by atoms with E-state index >= 15 is 0 Å². The van der Waals surface area contributed by atoms with Gasteiger partial charge in [-0.25, -0.2) is 9.78 Å². The molecule has 1 saturated heterocycles. The van der Waals surface area contributed by atoms with E-state index in [0.29, 0.717) is 48.3 Å². The van der Waals surface area contributed by atoms with Crippen LogP contribution in [0.15, 0.2) is 51.9 Å². The Morgan fingerprint density at radius 2 is 2.03 bits per heavy atom. The van der Waals surface area contributed by atoms with Crippen molar-refractivity contribution in [1.82, 2.24) is 29.6 Å². The van der Waals surface area contributed by atoms with E-state index in [-0.39, 0.29) is 5.56 Å². The number of halogens is 1. The van der Waals surface area contributed by atoms with Crippen LogP contribution in [0.25, 0.3) is 28.4 Å². The molecule has 11 heteroatoms. The Labute approximate surface area is 215 Å². The van der Waals surface area contributed by atoms with E-state index in [1.54, 1.807) is 11.1 Å².